The number of hydrogen-bond donors (Lipinski definition) is 1. The van der Waals surface area contributed by atoms with Crippen molar-refractivity contribution in [1.29, 1.82) is 0 Å². The van der Waals surface area contributed by atoms with Crippen molar-refractivity contribution in [2.75, 3.05) is 32.7 Å². The lowest BCUT2D eigenvalue weighted by Crippen LogP contribution is -2.46. The molecule has 0 aliphatic carbocycles. The van der Waals surface area contributed by atoms with Gasteiger partial charge in [0.25, 0.3) is 0 Å². The van der Waals surface area contributed by atoms with E-state index in [1.54, 1.807) is 0 Å². The fraction of sp³-hybridized carbons (Fsp3) is 0.533. The van der Waals surface area contributed by atoms with Gasteiger partial charge in [-0.25, -0.2) is 0 Å². The molecule has 4 nitrogen and oxygen atoms in total. The number of aryl methyl sites for hydroxylation is 1. The number of benzene rings is 1. The molecular weight excluding hydrogens is 276 g/mol. The Labute approximate surface area is 124 Å². The van der Waals surface area contributed by atoms with Crippen LogP contribution >= 0.6 is 11.6 Å². The third-order valence-corrected chi connectivity index (χ3v) is 4.06. The number of rotatable bonds is 5. The molecule has 1 aliphatic rings. The lowest BCUT2D eigenvalue weighted by molar-refractivity contribution is -0.137. The molecule has 2 rings (SSSR count). The molecule has 110 valence electrons. The number of halogens is 1. The average Bonchev–Trinajstić information content (AvgIpc) is 2.41. The van der Waals surface area contributed by atoms with Gasteiger partial charge in [0.15, 0.2) is 0 Å². The number of carboxylic acids is 1. The van der Waals surface area contributed by atoms with Gasteiger partial charge in [-0.15, -0.1) is 0 Å². The minimum atomic E-state index is -0.723. The van der Waals surface area contributed by atoms with E-state index in [2.05, 4.69) is 21.9 Å². The fourth-order valence-electron chi connectivity index (χ4n) is 2.45. The minimum Gasteiger partial charge on any atom is -0.481 e. The van der Waals surface area contributed by atoms with Crippen molar-refractivity contribution in [3.63, 3.8) is 0 Å². The summed E-state index contributed by atoms with van der Waals surface area (Å²) in [6.45, 7) is 7.33. The first-order valence-electron chi connectivity index (χ1n) is 6.96. The van der Waals surface area contributed by atoms with Gasteiger partial charge in [0.2, 0.25) is 0 Å². The van der Waals surface area contributed by atoms with E-state index in [9.17, 15) is 4.79 Å². The van der Waals surface area contributed by atoms with E-state index in [-0.39, 0.29) is 6.42 Å². The predicted octanol–water partition coefficient (Wildman–Crippen LogP) is 2.24. The SMILES string of the molecule is Cc1ccc(CN2CCN(CCC(=O)O)CC2)c(Cl)c1. The zero-order valence-corrected chi connectivity index (χ0v) is 12.6. The molecule has 1 N–H and O–H groups in total. The van der Waals surface area contributed by atoms with Crippen LogP contribution in [-0.4, -0.2) is 53.6 Å². The molecule has 0 aromatic heterocycles. The first kappa shape index (κ1) is 15.3. The zero-order chi connectivity index (χ0) is 14.5. The number of aliphatic carboxylic acids is 1. The highest BCUT2D eigenvalue weighted by Gasteiger charge is 2.18. The largest absolute Gasteiger partial charge is 0.481 e. The molecule has 0 saturated carbocycles. The van der Waals surface area contributed by atoms with Gasteiger partial charge in [0.1, 0.15) is 0 Å². The van der Waals surface area contributed by atoms with Crippen molar-refractivity contribution >= 4 is 17.6 Å². The Hall–Kier alpha value is -1.10. The number of piperazine rings is 1. The molecule has 5 heteroatoms. The van der Waals surface area contributed by atoms with Gasteiger partial charge in [0, 0.05) is 44.3 Å². The Morgan fingerprint density at radius 1 is 1.25 bits per heavy atom. The average molecular weight is 297 g/mol. The van der Waals surface area contributed by atoms with Crippen LogP contribution in [0.25, 0.3) is 0 Å². The Morgan fingerprint density at radius 2 is 1.90 bits per heavy atom. The Balaban J connectivity index is 1.80. The number of carbonyl (C=O) groups is 1. The summed E-state index contributed by atoms with van der Waals surface area (Å²) >= 11 is 6.26. The Morgan fingerprint density at radius 3 is 2.50 bits per heavy atom. The maximum Gasteiger partial charge on any atom is 0.304 e. The molecule has 1 aromatic rings. The molecule has 0 bridgehead atoms. The highest BCUT2D eigenvalue weighted by molar-refractivity contribution is 6.31. The summed E-state index contributed by atoms with van der Waals surface area (Å²) in [6, 6.07) is 6.18. The summed E-state index contributed by atoms with van der Waals surface area (Å²) in [5, 5.41) is 9.52. The lowest BCUT2D eigenvalue weighted by Gasteiger charge is -2.34. The summed E-state index contributed by atoms with van der Waals surface area (Å²) in [5.74, 6) is -0.723. The normalized spacial score (nSPS) is 17.3. The smallest absolute Gasteiger partial charge is 0.304 e. The molecule has 0 radical (unpaired) electrons. The van der Waals surface area contributed by atoms with Crippen LogP contribution in [0.5, 0.6) is 0 Å². The van der Waals surface area contributed by atoms with Gasteiger partial charge in [0.05, 0.1) is 6.42 Å². The van der Waals surface area contributed by atoms with Crippen LogP contribution in [0, 0.1) is 6.92 Å². The number of carboxylic acid groups (broad SMARTS) is 1. The van der Waals surface area contributed by atoms with Gasteiger partial charge in [-0.05, 0) is 24.1 Å². The van der Waals surface area contributed by atoms with Gasteiger partial charge >= 0.3 is 5.97 Å². The molecule has 1 aliphatic heterocycles. The first-order chi connectivity index (χ1) is 9.54. The molecule has 0 amide bonds. The van der Waals surface area contributed by atoms with Crippen molar-refractivity contribution in [1.82, 2.24) is 9.80 Å². The Bertz CT molecular complexity index is 471. The molecule has 1 heterocycles. The predicted molar refractivity (Wildman–Crippen MR) is 80.2 cm³/mol. The molecule has 1 fully saturated rings. The van der Waals surface area contributed by atoms with Crippen molar-refractivity contribution < 1.29 is 9.90 Å². The first-order valence-corrected chi connectivity index (χ1v) is 7.34. The molecular formula is C15H21ClN2O2. The van der Waals surface area contributed by atoms with E-state index in [0.29, 0.717) is 6.54 Å². The summed E-state index contributed by atoms with van der Waals surface area (Å²) in [6.07, 6.45) is 0.226. The molecule has 1 saturated heterocycles. The number of hydrogen-bond acceptors (Lipinski definition) is 3. The third kappa shape index (κ3) is 4.47. The van der Waals surface area contributed by atoms with Gasteiger partial charge in [-0.1, -0.05) is 23.7 Å². The second kappa shape index (κ2) is 7.07. The highest BCUT2D eigenvalue weighted by Crippen LogP contribution is 2.20. The lowest BCUT2D eigenvalue weighted by atomic mass is 10.1. The van der Waals surface area contributed by atoms with Crippen molar-refractivity contribution in [2.24, 2.45) is 0 Å². The second-order valence-electron chi connectivity index (χ2n) is 5.36. The van der Waals surface area contributed by atoms with E-state index in [0.717, 1.165) is 43.3 Å². The van der Waals surface area contributed by atoms with Crippen LogP contribution in [0.3, 0.4) is 0 Å². The molecule has 0 atom stereocenters. The van der Waals surface area contributed by atoms with E-state index in [1.807, 2.05) is 13.0 Å². The summed E-state index contributed by atoms with van der Waals surface area (Å²) in [7, 11) is 0. The summed E-state index contributed by atoms with van der Waals surface area (Å²) in [5.41, 5.74) is 2.34. The van der Waals surface area contributed by atoms with E-state index < -0.39 is 5.97 Å². The fourth-order valence-corrected chi connectivity index (χ4v) is 2.74. The van der Waals surface area contributed by atoms with Crippen molar-refractivity contribution in [3.05, 3.63) is 34.3 Å². The van der Waals surface area contributed by atoms with Gasteiger partial charge < -0.3 is 10.0 Å². The van der Waals surface area contributed by atoms with E-state index >= 15 is 0 Å². The van der Waals surface area contributed by atoms with E-state index in [1.165, 1.54) is 5.56 Å². The molecule has 20 heavy (non-hydrogen) atoms. The number of nitrogens with zero attached hydrogens (tertiary/aromatic N) is 2. The van der Waals surface area contributed by atoms with Crippen LogP contribution < -0.4 is 0 Å². The summed E-state index contributed by atoms with van der Waals surface area (Å²) < 4.78 is 0. The van der Waals surface area contributed by atoms with Gasteiger partial charge in [-0.3, -0.25) is 9.69 Å². The van der Waals surface area contributed by atoms with Crippen LogP contribution in [0.15, 0.2) is 18.2 Å². The van der Waals surface area contributed by atoms with Gasteiger partial charge in [-0.2, -0.15) is 0 Å². The van der Waals surface area contributed by atoms with Crippen molar-refractivity contribution in [2.45, 2.75) is 19.9 Å². The topological polar surface area (TPSA) is 43.8 Å². The monoisotopic (exact) mass is 296 g/mol. The summed E-state index contributed by atoms with van der Waals surface area (Å²) in [4.78, 5) is 15.1. The third-order valence-electron chi connectivity index (χ3n) is 3.71. The minimum absolute atomic E-state index is 0.226. The maximum atomic E-state index is 10.6. The van der Waals surface area contributed by atoms with Crippen LogP contribution in [0.1, 0.15) is 17.5 Å². The zero-order valence-electron chi connectivity index (χ0n) is 11.8. The molecule has 0 unspecified atom stereocenters. The standard InChI is InChI=1S/C15H21ClN2O2/c1-12-2-3-13(14(16)10-12)11-18-8-6-17(7-9-18)5-4-15(19)20/h2-3,10H,4-9,11H2,1H3,(H,19,20). The van der Waals surface area contributed by atoms with Crippen LogP contribution in [0.2, 0.25) is 5.02 Å². The van der Waals surface area contributed by atoms with E-state index in [4.69, 9.17) is 16.7 Å². The Kier molecular flexibility index (Phi) is 5.40. The van der Waals surface area contributed by atoms with Crippen molar-refractivity contribution in [3.8, 4) is 0 Å². The maximum absolute atomic E-state index is 10.6. The van der Waals surface area contributed by atoms with Crippen LogP contribution in [0.4, 0.5) is 0 Å². The highest BCUT2D eigenvalue weighted by atomic mass is 35.5. The molecule has 1 aromatic carbocycles. The second-order valence-corrected chi connectivity index (χ2v) is 5.76. The molecule has 0 spiro atoms. The quantitative estimate of drug-likeness (QED) is 0.905. The van der Waals surface area contributed by atoms with Crippen LogP contribution in [-0.2, 0) is 11.3 Å².